The average Bonchev–Trinajstić information content (AvgIpc) is 2.28. The first-order chi connectivity index (χ1) is 7.33. The minimum absolute atomic E-state index is 0.227. The highest BCUT2D eigenvalue weighted by Gasteiger charge is 2.01. The van der Waals surface area contributed by atoms with Crippen molar-refractivity contribution in [3.63, 3.8) is 0 Å². The maximum Gasteiger partial charge on any atom is 0.119 e. The largest absolute Gasteiger partial charge is 0.374 e. The van der Waals surface area contributed by atoms with Gasteiger partial charge in [0.25, 0.3) is 0 Å². The molecule has 1 rings (SSSR count). The summed E-state index contributed by atoms with van der Waals surface area (Å²) in [7, 11) is 0. The molecule has 0 heterocycles. The molecule has 82 valence electrons. The number of hydrogen-bond donors (Lipinski definition) is 0. The molecule has 0 fully saturated rings. The van der Waals surface area contributed by atoms with E-state index >= 15 is 0 Å². The van der Waals surface area contributed by atoms with E-state index in [0.717, 1.165) is 19.1 Å². The molecule has 0 aliphatic carbocycles. The quantitative estimate of drug-likeness (QED) is 0.506. The second-order valence-corrected chi connectivity index (χ2v) is 3.70. The fourth-order valence-corrected chi connectivity index (χ4v) is 1.38. The molecule has 0 saturated carbocycles. The molecule has 0 bridgehead atoms. The van der Waals surface area contributed by atoms with Crippen molar-refractivity contribution in [2.24, 2.45) is 0 Å². The lowest BCUT2D eigenvalue weighted by molar-refractivity contribution is -0.108. The highest BCUT2D eigenvalue weighted by molar-refractivity contribution is 5.48. The number of aldehydes is 1. The van der Waals surface area contributed by atoms with Crippen molar-refractivity contribution in [3.05, 3.63) is 35.9 Å². The van der Waals surface area contributed by atoms with Gasteiger partial charge in [0.05, 0.1) is 12.7 Å². The van der Waals surface area contributed by atoms with Gasteiger partial charge in [-0.25, -0.2) is 0 Å². The molecule has 0 amide bonds. The second-order valence-electron chi connectivity index (χ2n) is 3.70. The molecular weight excluding hydrogens is 188 g/mol. The summed E-state index contributed by atoms with van der Waals surface area (Å²) in [6.45, 7) is 2.71. The van der Waals surface area contributed by atoms with Crippen LogP contribution in [0.4, 0.5) is 0 Å². The number of benzene rings is 1. The minimum Gasteiger partial charge on any atom is -0.374 e. The van der Waals surface area contributed by atoms with E-state index < -0.39 is 0 Å². The van der Waals surface area contributed by atoms with Crippen molar-refractivity contribution in [2.45, 2.75) is 38.9 Å². The fourth-order valence-electron chi connectivity index (χ4n) is 1.38. The topological polar surface area (TPSA) is 26.3 Å². The van der Waals surface area contributed by atoms with E-state index in [4.69, 9.17) is 4.74 Å². The molecular formula is C13H18O2. The van der Waals surface area contributed by atoms with Crippen LogP contribution < -0.4 is 0 Å². The van der Waals surface area contributed by atoms with E-state index in [1.54, 1.807) is 0 Å². The van der Waals surface area contributed by atoms with E-state index in [1.165, 1.54) is 5.56 Å². The molecule has 2 nitrogen and oxygen atoms in total. The average molecular weight is 206 g/mol. The lowest BCUT2D eigenvalue weighted by Crippen LogP contribution is -2.07. The summed E-state index contributed by atoms with van der Waals surface area (Å²) >= 11 is 0. The van der Waals surface area contributed by atoms with E-state index in [0.29, 0.717) is 13.0 Å². The standard InChI is InChI=1S/C13H18O2/c1-12(7-5-6-10-14)15-11-13-8-3-2-4-9-13/h2-4,8-10,12H,5-7,11H2,1H3. The number of ether oxygens (including phenoxy) is 1. The molecule has 15 heavy (non-hydrogen) atoms. The van der Waals surface area contributed by atoms with Crippen molar-refractivity contribution >= 4 is 6.29 Å². The molecule has 1 atom stereocenters. The molecule has 1 aromatic rings. The highest BCUT2D eigenvalue weighted by atomic mass is 16.5. The van der Waals surface area contributed by atoms with Gasteiger partial charge in [0, 0.05) is 6.42 Å². The third-order valence-electron chi connectivity index (χ3n) is 2.31. The van der Waals surface area contributed by atoms with Crippen LogP contribution in [0, 0.1) is 0 Å². The van der Waals surface area contributed by atoms with Crippen LogP contribution in [0.2, 0.25) is 0 Å². The first-order valence-electron chi connectivity index (χ1n) is 5.42. The van der Waals surface area contributed by atoms with Gasteiger partial charge in [-0.05, 0) is 25.3 Å². The summed E-state index contributed by atoms with van der Waals surface area (Å²) in [4.78, 5) is 10.1. The Hall–Kier alpha value is -1.15. The van der Waals surface area contributed by atoms with Gasteiger partial charge in [0.15, 0.2) is 0 Å². The van der Waals surface area contributed by atoms with Gasteiger partial charge in [-0.2, -0.15) is 0 Å². The summed E-state index contributed by atoms with van der Waals surface area (Å²) < 4.78 is 5.66. The number of rotatable bonds is 7. The third kappa shape index (κ3) is 5.33. The van der Waals surface area contributed by atoms with Crippen LogP contribution in [-0.2, 0) is 16.1 Å². The minimum atomic E-state index is 0.227. The Labute approximate surface area is 91.3 Å². The Kier molecular flexibility index (Phi) is 5.71. The highest BCUT2D eigenvalue weighted by Crippen LogP contribution is 2.07. The molecule has 0 aliphatic heterocycles. The zero-order chi connectivity index (χ0) is 10.9. The molecule has 1 unspecified atom stereocenters. The monoisotopic (exact) mass is 206 g/mol. The van der Waals surface area contributed by atoms with Crippen molar-refractivity contribution in [1.29, 1.82) is 0 Å². The zero-order valence-electron chi connectivity index (χ0n) is 9.19. The van der Waals surface area contributed by atoms with Crippen molar-refractivity contribution in [1.82, 2.24) is 0 Å². The summed E-state index contributed by atoms with van der Waals surface area (Å²) in [5.41, 5.74) is 1.19. The van der Waals surface area contributed by atoms with E-state index in [9.17, 15) is 4.79 Å². The van der Waals surface area contributed by atoms with Crippen molar-refractivity contribution < 1.29 is 9.53 Å². The van der Waals surface area contributed by atoms with Crippen LogP contribution in [0.5, 0.6) is 0 Å². The van der Waals surface area contributed by atoms with Crippen LogP contribution in [-0.4, -0.2) is 12.4 Å². The smallest absolute Gasteiger partial charge is 0.119 e. The van der Waals surface area contributed by atoms with Crippen molar-refractivity contribution in [3.8, 4) is 0 Å². The summed E-state index contributed by atoms with van der Waals surface area (Å²) in [5, 5.41) is 0. The molecule has 0 aliphatic rings. The Morgan fingerprint density at radius 3 is 2.73 bits per heavy atom. The maximum atomic E-state index is 10.1. The summed E-state index contributed by atoms with van der Waals surface area (Å²) in [6, 6.07) is 10.1. The number of unbranched alkanes of at least 4 members (excludes halogenated alkanes) is 1. The van der Waals surface area contributed by atoms with Gasteiger partial charge in [-0.3, -0.25) is 0 Å². The van der Waals surface area contributed by atoms with Gasteiger partial charge in [0.1, 0.15) is 6.29 Å². The van der Waals surface area contributed by atoms with Gasteiger partial charge in [0.2, 0.25) is 0 Å². The van der Waals surface area contributed by atoms with E-state index in [-0.39, 0.29) is 6.10 Å². The van der Waals surface area contributed by atoms with Crippen LogP contribution in [0.3, 0.4) is 0 Å². The first-order valence-corrected chi connectivity index (χ1v) is 5.42. The predicted octanol–water partition coefficient (Wildman–Crippen LogP) is 2.96. The Balaban J connectivity index is 2.16. The van der Waals surface area contributed by atoms with Crippen molar-refractivity contribution in [2.75, 3.05) is 0 Å². The van der Waals surface area contributed by atoms with Gasteiger partial charge < -0.3 is 9.53 Å². The van der Waals surface area contributed by atoms with E-state index in [1.807, 2.05) is 25.1 Å². The fraction of sp³-hybridized carbons (Fsp3) is 0.462. The Bertz CT molecular complexity index is 269. The Morgan fingerprint density at radius 2 is 2.07 bits per heavy atom. The van der Waals surface area contributed by atoms with Gasteiger partial charge in [-0.15, -0.1) is 0 Å². The molecule has 0 N–H and O–H groups in total. The number of hydrogen-bond acceptors (Lipinski definition) is 2. The molecule has 1 aromatic carbocycles. The lowest BCUT2D eigenvalue weighted by atomic mass is 10.2. The molecule has 0 spiro atoms. The molecule has 0 aromatic heterocycles. The van der Waals surface area contributed by atoms with Crippen LogP contribution in [0.1, 0.15) is 31.7 Å². The predicted molar refractivity (Wildman–Crippen MR) is 60.6 cm³/mol. The zero-order valence-corrected chi connectivity index (χ0v) is 9.19. The molecule has 0 radical (unpaired) electrons. The number of carbonyl (C=O) groups excluding carboxylic acids is 1. The first kappa shape index (κ1) is 11.9. The molecule has 0 saturated heterocycles. The Morgan fingerprint density at radius 1 is 1.33 bits per heavy atom. The van der Waals surface area contributed by atoms with Crippen LogP contribution in [0.25, 0.3) is 0 Å². The second kappa shape index (κ2) is 7.18. The normalized spacial score (nSPS) is 12.3. The van der Waals surface area contributed by atoms with Gasteiger partial charge in [-0.1, -0.05) is 30.3 Å². The third-order valence-corrected chi connectivity index (χ3v) is 2.31. The summed E-state index contributed by atoms with van der Waals surface area (Å²) in [5.74, 6) is 0. The summed E-state index contributed by atoms with van der Waals surface area (Å²) in [6.07, 6.45) is 3.69. The molecule has 2 heteroatoms. The lowest BCUT2D eigenvalue weighted by Gasteiger charge is -2.12. The maximum absolute atomic E-state index is 10.1. The number of carbonyl (C=O) groups is 1. The van der Waals surface area contributed by atoms with Gasteiger partial charge >= 0.3 is 0 Å². The van der Waals surface area contributed by atoms with Crippen LogP contribution in [0.15, 0.2) is 30.3 Å². The van der Waals surface area contributed by atoms with Crippen LogP contribution >= 0.6 is 0 Å². The SMILES string of the molecule is CC(CCCC=O)OCc1ccccc1. The van der Waals surface area contributed by atoms with E-state index in [2.05, 4.69) is 12.1 Å².